The number of hydrogen-bond donors (Lipinski definition) is 2. The van der Waals surface area contributed by atoms with E-state index >= 15 is 0 Å². The highest BCUT2D eigenvalue weighted by molar-refractivity contribution is 5.96. The van der Waals surface area contributed by atoms with Crippen LogP contribution in [0.15, 0.2) is 91.0 Å². The number of aliphatic hydroxyl groups excluding tert-OH is 1. The second-order valence-corrected chi connectivity index (χ2v) is 11.5. The van der Waals surface area contributed by atoms with Crippen molar-refractivity contribution in [2.75, 3.05) is 40.1 Å². The van der Waals surface area contributed by atoms with Gasteiger partial charge >= 0.3 is 0 Å². The monoisotopic (exact) mass is 669 g/mol. The molecular weight excluding hydrogens is 630 g/mol. The number of methoxy groups -OCH3 is 1. The van der Waals surface area contributed by atoms with Crippen molar-refractivity contribution in [1.82, 2.24) is 9.55 Å². The summed E-state index contributed by atoms with van der Waals surface area (Å²) in [6.07, 6.45) is 0.977. The van der Waals surface area contributed by atoms with Gasteiger partial charge in [0.2, 0.25) is 0 Å². The lowest BCUT2D eigenvalue weighted by Crippen LogP contribution is -2.12. The van der Waals surface area contributed by atoms with Crippen molar-refractivity contribution in [2.45, 2.75) is 26.0 Å². The molecule has 10 heteroatoms. The number of nitrogens with two attached hydrogens (primary N) is 1. The lowest BCUT2D eigenvalue weighted by atomic mass is 10.0. The van der Waals surface area contributed by atoms with Gasteiger partial charge in [-0.05, 0) is 60.0 Å². The number of imidazole rings is 1. The number of ether oxygens (including phenoxy) is 3. The van der Waals surface area contributed by atoms with Crippen LogP contribution in [0.1, 0.15) is 39.9 Å². The molecule has 0 spiro atoms. The Morgan fingerprint density at radius 1 is 0.900 bits per heavy atom. The number of ketones is 1. The predicted molar refractivity (Wildman–Crippen MR) is 192 cm³/mol. The number of benzene rings is 4. The van der Waals surface area contributed by atoms with Crippen molar-refractivity contribution >= 4 is 11.5 Å². The zero-order chi connectivity index (χ0) is 35.3. The molecular formula is C40H39N5O5. The Balaban J connectivity index is 1.51. The van der Waals surface area contributed by atoms with Crippen LogP contribution < -0.4 is 10.5 Å². The van der Waals surface area contributed by atoms with Gasteiger partial charge in [0.05, 0.1) is 57.6 Å². The molecule has 0 atom stereocenters. The SMILES string of the molecule is [C-]#[N+]c1cc(C#N)cc(-c2nc(-c3ccc(CO)cc3)c(-c3ccc(OC)cc3)n2Cc2ccc(C(=O)CCCOCCOCCN)cc2)c1. The van der Waals surface area contributed by atoms with Crippen LogP contribution in [0.5, 0.6) is 5.75 Å². The van der Waals surface area contributed by atoms with Crippen molar-refractivity contribution < 1.29 is 24.1 Å². The van der Waals surface area contributed by atoms with E-state index in [0.717, 1.165) is 27.9 Å². The molecule has 0 bridgehead atoms. The molecule has 0 aliphatic rings. The molecule has 5 aromatic rings. The van der Waals surface area contributed by atoms with Gasteiger partial charge in [-0.3, -0.25) is 4.79 Å². The van der Waals surface area contributed by atoms with E-state index < -0.39 is 0 Å². The van der Waals surface area contributed by atoms with Crippen LogP contribution in [0.4, 0.5) is 5.69 Å². The van der Waals surface area contributed by atoms with Crippen LogP contribution >= 0.6 is 0 Å². The largest absolute Gasteiger partial charge is 0.497 e. The molecule has 3 N–H and O–H groups in total. The second-order valence-electron chi connectivity index (χ2n) is 11.5. The summed E-state index contributed by atoms with van der Waals surface area (Å²) in [5.41, 5.74) is 12.3. The zero-order valence-corrected chi connectivity index (χ0v) is 28.0. The average molecular weight is 670 g/mol. The molecule has 0 aliphatic heterocycles. The third-order valence-electron chi connectivity index (χ3n) is 8.12. The minimum absolute atomic E-state index is 0.0374. The molecule has 0 unspecified atom stereocenters. The Bertz CT molecular complexity index is 1940. The summed E-state index contributed by atoms with van der Waals surface area (Å²) in [5, 5.41) is 19.5. The standard InChI is InChI=1S/C40H39N5O5/c1-43-35-23-30(25-42)22-34(24-35)40-44-38(32-11-7-29(27-46)8-12-32)39(33-13-15-36(48-2)16-14-33)45(40)26-28-5-9-31(10-6-28)37(47)4-3-18-49-20-21-50-19-17-41/h5-16,22-24,46H,3-4,17-21,26-27,41H2,2H3. The molecule has 5 rings (SSSR count). The Kier molecular flexibility index (Phi) is 12.6. The molecule has 1 aromatic heterocycles. The van der Waals surface area contributed by atoms with Gasteiger partial charge in [-0.15, -0.1) is 0 Å². The predicted octanol–water partition coefficient (Wildman–Crippen LogP) is 6.81. The first kappa shape index (κ1) is 35.7. The first-order chi connectivity index (χ1) is 24.5. The van der Waals surface area contributed by atoms with E-state index in [-0.39, 0.29) is 12.4 Å². The fourth-order valence-electron chi connectivity index (χ4n) is 5.57. The first-order valence-corrected chi connectivity index (χ1v) is 16.3. The lowest BCUT2D eigenvalue weighted by Gasteiger charge is -2.15. The highest BCUT2D eigenvalue weighted by atomic mass is 16.5. The minimum Gasteiger partial charge on any atom is -0.497 e. The fourth-order valence-corrected chi connectivity index (χ4v) is 5.57. The highest BCUT2D eigenvalue weighted by Gasteiger charge is 2.23. The van der Waals surface area contributed by atoms with Crippen molar-refractivity contribution in [2.24, 2.45) is 5.73 Å². The number of nitriles is 1. The number of hydrogen-bond acceptors (Lipinski definition) is 8. The second kappa shape index (κ2) is 17.7. The van der Waals surface area contributed by atoms with Crippen molar-refractivity contribution in [3.05, 3.63) is 125 Å². The summed E-state index contributed by atoms with van der Waals surface area (Å²) < 4.78 is 18.4. The minimum atomic E-state index is -0.0804. The van der Waals surface area contributed by atoms with Crippen LogP contribution in [0, 0.1) is 17.9 Å². The van der Waals surface area contributed by atoms with Crippen LogP contribution in [0.25, 0.3) is 38.7 Å². The summed E-state index contributed by atoms with van der Waals surface area (Å²) in [7, 11) is 1.62. The van der Waals surface area contributed by atoms with Gasteiger partial charge in [0, 0.05) is 53.9 Å². The van der Waals surface area contributed by atoms with Gasteiger partial charge in [-0.2, -0.15) is 5.26 Å². The quantitative estimate of drug-likeness (QED) is 0.0626. The van der Waals surface area contributed by atoms with E-state index in [2.05, 4.69) is 15.5 Å². The molecule has 4 aromatic carbocycles. The summed E-state index contributed by atoms with van der Waals surface area (Å²) in [4.78, 5) is 21.7. The van der Waals surface area contributed by atoms with Gasteiger partial charge in [-0.25, -0.2) is 9.83 Å². The van der Waals surface area contributed by atoms with Gasteiger partial charge in [0.1, 0.15) is 11.6 Å². The van der Waals surface area contributed by atoms with Crippen molar-refractivity contribution in [1.29, 1.82) is 5.26 Å². The third-order valence-corrected chi connectivity index (χ3v) is 8.12. The van der Waals surface area contributed by atoms with E-state index in [1.54, 1.807) is 25.3 Å². The maximum absolute atomic E-state index is 13.0. The summed E-state index contributed by atoms with van der Waals surface area (Å²) in [5.74, 6) is 1.32. The maximum atomic E-state index is 13.0. The number of carbonyl (C=O) groups excluding carboxylic acids is 1. The molecule has 0 aliphatic carbocycles. The van der Waals surface area contributed by atoms with Gasteiger partial charge in [0.25, 0.3) is 0 Å². The summed E-state index contributed by atoms with van der Waals surface area (Å²) in [6, 6.07) is 30.0. The molecule has 0 saturated heterocycles. The zero-order valence-electron chi connectivity index (χ0n) is 28.0. The van der Waals surface area contributed by atoms with E-state index in [1.165, 1.54) is 0 Å². The number of rotatable bonds is 17. The number of aromatic nitrogens is 2. The highest BCUT2D eigenvalue weighted by Crippen LogP contribution is 2.38. The van der Waals surface area contributed by atoms with Gasteiger partial charge < -0.3 is 29.6 Å². The Labute approximate surface area is 292 Å². The van der Waals surface area contributed by atoms with Crippen molar-refractivity contribution in [3.63, 3.8) is 0 Å². The molecule has 0 saturated carbocycles. The van der Waals surface area contributed by atoms with Crippen LogP contribution in [-0.2, 0) is 22.6 Å². The normalized spacial score (nSPS) is 10.8. The van der Waals surface area contributed by atoms with Crippen LogP contribution in [0.2, 0.25) is 0 Å². The molecule has 0 amide bonds. The average Bonchev–Trinajstić information content (AvgIpc) is 3.54. The molecule has 254 valence electrons. The molecule has 0 radical (unpaired) electrons. The number of aliphatic hydroxyl groups is 1. The molecule has 1 heterocycles. The fraction of sp³-hybridized carbons (Fsp3) is 0.250. The summed E-state index contributed by atoms with van der Waals surface area (Å²) >= 11 is 0. The van der Waals surface area contributed by atoms with E-state index in [1.807, 2.05) is 72.8 Å². The smallest absolute Gasteiger partial charge is 0.189 e. The Hall–Kier alpha value is -5.62. The van der Waals surface area contributed by atoms with Gasteiger partial charge in [-0.1, -0.05) is 48.5 Å². The molecule has 0 fully saturated rings. The van der Waals surface area contributed by atoms with E-state index in [9.17, 15) is 15.2 Å². The number of carbonyl (C=O) groups is 1. The van der Waals surface area contributed by atoms with E-state index in [4.69, 9.17) is 31.5 Å². The third kappa shape index (κ3) is 8.88. The lowest BCUT2D eigenvalue weighted by molar-refractivity contribution is 0.0489. The number of Topliss-reactive ketones (excluding diaryl/α,β-unsaturated/α-hetero) is 1. The molecule has 10 nitrogen and oxygen atoms in total. The molecule has 50 heavy (non-hydrogen) atoms. The number of nitrogens with zero attached hydrogens (tertiary/aromatic N) is 4. The van der Waals surface area contributed by atoms with Crippen LogP contribution in [-0.4, -0.2) is 60.5 Å². The van der Waals surface area contributed by atoms with E-state index in [0.29, 0.717) is 92.0 Å². The topological polar surface area (TPSA) is 137 Å². The van der Waals surface area contributed by atoms with Crippen LogP contribution in [0.3, 0.4) is 0 Å². The Morgan fingerprint density at radius 2 is 1.58 bits per heavy atom. The van der Waals surface area contributed by atoms with Gasteiger partial charge in [0.15, 0.2) is 11.5 Å². The maximum Gasteiger partial charge on any atom is 0.189 e. The van der Waals surface area contributed by atoms with Crippen molar-refractivity contribution in [3.8, 4) is 45.7 Å². The first-order valence-electron chi connectivity index (χ1n) is 16.3. The Morgan fingerprint density at radius 3 is 2.22 bits per heavy atom. The summed E-state index contributed by atoms with van der Waals surface area (Å²) in [6.45, 7) is 10.4.